The third-order valence-corrected chi connectivity index (χ3v) is 3.73. The second-order valence-corrected chi connectivity index (χ2v) is 5.38. The summed E-state index contributed by atoms with van der Waals surface area (Å²) in [5, 5.41) is 2.16. The Morgan fingerprint density at radius 2 is 2.17 bits per heavy atom. The van der Waals surface area contributed by atoms with Crippen LogP contribution in [0.1, 0.15) is 4.88 Å². The number of rotatable bonds is 1. The van der Waals surface area contributed by atoms with Crippen molar-refractivity contribution >= 4 is 34.3 Å². The Hall–Kier alpha value is -0.310. The van der Waals surface area contributed by atoms with Crippen molar-refractivity contribution in [3.05, 3.63) is 32.8 Å². The van der Waals surface area contributed by atoms with E-state index in [9.17, 15) is 0 Å². The highest BCUT2D eigenvalue weighted by atomic mass is 35.5. The fourth-order valence-electron chi connectivity index (χ4n) is 1.04. The molecule has 0 aromatic carbocycles. The summed E-state index contributed by atoms with van der Waals surface area (Å²) in [5.74, 6) is 0. The van der Waals surface area contributed by atoms with Gasteiger partial charge in [0.05, 0.1) is 4.34 Å². The minimum absolute atomic E-state index is 0.855. The Kier molecular flexibility index (Phi) is 2.22. The molecule has 0 radical (unpaired) electrons. The predicted octanol–water partition coefficient (Wildman–Crippen LogP) is 4.44. The summed E-state index contributed by atoms with van der Waals surface area (Å²) >= 11 is 9.24. The predicted molar refractivity (Wildman–Crippen MR) is 57.4 cm³/mol. The Morgan fingerprint density at radius 1 is 1.33 bits per heavy atom. The lowest BCUT2D eigenvalue weighted by Crippen LogP contribution is -1.60. The molecule has 3 heteroatoms. The molecule has 0 N–H and O–H groups in total. The molecule has 0 spiro atoms. The molecule has 0 bridgehead atoms. The molecule has 12 heavy (non-hydrogen) atoms. The minimum atomic E-state index is 0.855. The summed E-state index contributed by atoms with van der Waals surface area (Å²) in [7, 11) is 0. The highest BCUT2D eigenvalue weighted by molar-refractivity contribution is 7.19. The molecule has 0 fully saturated rings. The van der Waals surface area contributed by atoms with Crippen molar-refractivity contribution in [2.24, 2.45) is 0 Å². The fraction of sp³-hybridized carbons (Fsp3) is 0.111. The Labute approximate surface area is 84.4 Å². The van der Waals surface area contributed by atoms with Gasteiger partial charge in [-0.2, -0.15) is 0 Å². The highest BCUT2D eigenvalue weighted by Gasteiger charge is 2.02. The lowest BCUT2D eigenvalue weighted by Gasteiger charge is -1.86. The van der Waals surface area contributed by atoms with Gasteiger partial charge in [-0.3, -0.25) is 0 Å². The normalized spacial score (nSPS) is 10.5. The molecule has 2 heterocycles. The number of halogens is 1. The van der Waals surface area contributed by atoms with E-state index in [4.69, 9.17) is 11.6 Å². The molecule has 0 saturated heterocycles. The van der Waals surface area contributed by atoms with Crippen LogP contribution in [0, 0.1) is 6.92 Å². The molecule has 0 nitrogen and oxygen atoms in total. The maximum Gasteiger partial charge on any atom is 0.0934 e. The van der Waals surface area contributed by atoms with E-state index in [1.807, 2.05) is 6.07 Å². The molecule has 0 aliphatic heterocycles. The van der Waals surface area contributed by atoms with E-state index in [1.165, 1.54) is 15.3 Å². The monoisotopic (exact) mass is 214 g/mol. The molecule has 2 aromatic rings. The van der Waals surface area contributed by atoms with Crippen LogP contribution in [0.4, 0.5) is 0 Å². The summed E-state index contributed by atoms with van der Waals surface area (Å²) in [6.45, 7) is 2.11. The second-order valence-electron chi connectivity index (χ2n) is 2.55. The first kappa shape index (κ1) is 8.30. The molecule has 0 saturated carbocycles. The topological polar surface area (TPSA) is 0 Å². The average molecular weight is 215 g/mol. The van der Waals surface area contributed by atoms with Crippen LogP contribution in [0.25, 0.3) is 10.4 Å². The van der Waals surface area contributed by atoms with Gasteiger partial charge in [0.15, 0.2) is 0 Å². The first-order chi connectivity index (χ1) is 5.75. The third-order valence-electron chi connectivity index (χ3n) is 1.59. The molecule has 2 aromatic heterocycles. The Balaban J connectivity index is 2.43. The van der Waals surface area contributed by atoms with Gasteiger partial charge in [-0.1, -0.05) is 11.6 Å². The largest absolute Gasteiger partial charge is 0.149 e. The summed E-state index contributed by atoms with van der Waals surface area (Å²) < 4.78 is 0.855. The van der Waals surface area contributed by atoms with Gasteiger partial charge in [0.2, 0.25) is 0 Å². The maximum absolute atomic E-state index is 5.84. The SMILES string of the molecule is Cc1cc(-c2ccc(Cl)s2)cs1. The molecule has 0 unspecified atom stereocenters. The van der Waals surface area contributed by atoms with Crippen molar-refractivity contribution < 1.29 is 0 Å². The molecule has 0 aliphatic rings. The quantitative estimate of drug-likeness (QED) is 0.659. The highest BCUT2D eigenvalue weighted by Crippen LogP contribution is 2.33. The number of hydrogen-bond acceptors (Lipinski definition) is 2. The van der Waals surface area contributed by atoms with Crippen LogP contribution < -0.4 is 0 Å². The zero-order valence-corrected chi connectivity index (χ0v) is 8.89. The molecule has 0 amide bonds. The van der Waals surface area contributed by atoms with Crippen molar-refractivity contribution in [3.63, 3.8) is 0 Å². The van der Waals surface area contributed by atoms with Gasteiger partial charge < -0.3 is 0 Å². The average Bonchev–Trinajstić information content (AvgIpc) is 2.58. The van der Waals surface area contributed by atoms with Crippen LogP contribution >= 0.6 is 34.3 Å². The van der Waals surface area contributed by atoms with E-state index in [1.54, 1.807) is 22.7 Å². The van der Waals surface area contributed by atoms with Gasteiger partial charge in [0.25, 0.3) is 0 Å². The zero-order valence-electron chi connectivity index (χ0n) is 6.50. The summed E-state index contributed by atoms with van der Waals surface area (Å²) in [5.41, 5.74) is 1.29. The van der Waals surface area contributed by atoms with Crippen LogP contribution in [0.3, 0.4) is 0 Å². The van der Waals surface area contributed by atoms with Crippen LogP contribution in [0.2, 0.25) is 4.34 Å². The van der Waals surface area contributed by atoms with Crippen molar-refractivity contribution in [2.75, 3.05) is 0 Å². The first-order valence-corrected chi connectivity index (χ1v) is 5.64. The third kappa shape index (κ3) is 1.56. The first-order valence-electron chi connectivity index (χ1n) is 3.56. The smallest absolute Gasteiger partial charge is 0.0934 e. The summed E-state index contributed by atoms with van der Waals surface area (Å²) in [4.78, 5) is 2.60. The Bertz CT molecular complexity index is 348. The number of hydrogen-bond donors (Lipinski definition) is 0. The van der Waals surface area contributed by atoms with Gasteiger partial charge in [0.1, 0.15) is 0 Å². The van der Waals surface area contributed by atoms with Gasteiger partial charge in [-0.15, -0.1) is 22.7 Å². The molecular weight excluding hydrogens is 208 g/mol. The maximum atomic E-state index is 5.84. The van der Waals surface area contributed by atoms with Crippen LogP contribution in [0.15, 0.2) is 23.6 Å². The molecule has 2 rings (SSSR count). The van der Waals surface area contributed by atoms with E-state index >= 15 is 0 Å². The molecular formula is C9H7ClS2. The van der Waals surface area contributed by atoms with Crippen LogP contribution in [-0.4, -0.2) is 0 Å². The Morgan fingerprint density at radius 3 is 2.67 bits per heavy atom. The van der Waals surface area contributed by atoms with Crippen molar-refractivity contribution in [3.8, 4) is 10.4 Å². The van der Waals surface area contributed by atoms with Gasteiger partial charge in [-0.05, 0) is 30.5 Å². The summed E-state index contributed by atoms with van der Waals surface area (Å²) in [6.07, 6.45) is 0. The standard InChI is InChI=1S/C9H7ClS2/c1-6-4-7(5-11-6)8-2-3-9(10)12-8/h2-5H,1H3. The number of thiophene rings is 2. The van der Waals surface area contributed by atoms with Gasteiger partial charge in [0, 0.05) is 15.3 Å². The summed E-state index contributed by atoms with van der Waals surface area (Å²) in [6, 6.07) is 6.19. The molecule has 62 valence electrons. The fourth-order valence-corrected chi connectivity index (χ4v) is 2.85. The lowest BCUT2D eigenvalue weighted by molar-refractivity contribution is 1.64. The van der Waals surface area contributed by atoms with E-state index < -0.39 is 0 Å². The van der Waals surface area contributed by atoms with Crippen molar-refractivity contribution in [1.82, 2.24) is 0 Å². The van der Waals surface area contributed by atoms with Gasteiger partial charge >= 0.3 is 0 Å². The minimum Gasteiger partial charge on any atom is -0.149 e. The molecule has 0 aliphatic carbocycles. The lowest BCUT2D eigenvalue weighted by atomic mass is 10.3. The van der Waals surface area contributed by atoms with Crippen molar-refractivity contribution in [2.45, 2.75) is 6.92 Å². The second kappa shape index (κ2) is 3.21. The van der Waals surface area contributed by atoms with Crippen LogP contribution in [0.5, 0.6) is 0 Å². The van der Waals surface area contributed by atoms with E-state index in [0.717, 1.165) is 4.34 Å². The van der Waals surface area contributed by atoms with E-state index in [-0.39, 0.29) is 0 Å². The van der Waals surface area contributed by atoms with E-state index in [0.29, 0.717) is 0 Å². The zero-order chi connectivity index (χ0) is 8.55. The van der Waals surface area contributed by atoms with Crippen LogP contribution in [-0.2, 0) is 0 Å². The molecule has 0 atom stereocenters. The van der Waals surface area contributed by atoms with E-state index in [2.05, 4.69) is 24.4 Å². The van der Waals surface area contributed by atoms with Crippen molar-refractivity contribution in [1.29, 1.82) is 0 Å². The van der Waals surface area contributed by atoms with Gasteiger partial charge in [-0.25, -0.2) is 0 Å². The number of aryl methyl sites for hydroxylation is 1.